The van der Waals surface area contributed by atoms with Crippen LogP contribution in [0.5, 0.6) is 0 Å². The number of rotatable bonds is 6. The van der Waals surface area contributed by atoms with Crippen LogP contribution in [-0.4, -0.2) is 54.0 Å². The van der Waals surface area contributed by atoms with Crippen molar-refractivity contribution in [3.05, 3.63) is 10.7 Å². The van der Waals surface area contributed by atoms with Crippen LogP contribution in [0.25, 0.3) is 0 Å². The van der Waals surface area contributed by atoms with Crippen LogP contribution in [-0.2, 0) is 4.79 Å². The van der Waals surface area contributed by atoms with Gasteiger partial charge in [-0.15, -0.1) is 0 Å². The Morgan fingerprint density at radius 1 is 1.48 bits per heavy atom. The molecule has 0 unspecified atom stereocenters. The summed E-state index contributed by atoms with van der Waals surface area (Å²) in [7, 11) is 1.88. The van der Waals surface area contributed by atoms with Crippen molar-refractivity contribution < 1.29 is 4.79 Å². The zero-order chi connectivity index (χ0) is 15.2. The van der Waals surface area contributed by atoms with Crippen LogP contribution in [0.3, 0.4) is 0 Å². The number of anilines is 2. The van der Waals surface area contributed by atoms with E-state index in [4.69, 9.17) is 0 Å². The fourth-order valence-electron chi connectivity index (χ4n) is 2.29. The number of nitrogens with zero attached hydrogens (tertiary/aromatic N) is 4. The monoisotopic (exact) mass is 355 g/mol. The normalized spacial score (nSPS) is 14.3. The van der Waals surface area contributed by atoms with Crippen LogP contribution >= 0.6 is 15.9 Å². The van der Waals surface area contributed by atoms with Crippen LogP contribution in [0.15, 0.2) is 10.7 Å². The van der Waals surface area contributed by atoms with Gasteiger partial charge in [0.05, 0.1) is 11.0 Å². The summed E-state index contributed by atoms with van der Waals surface area (Å²) in [5.41, 5.74) is 0. The van der Waals surface area contributed by atoms with Crippen molar-refractivity contribution in [1.82, 2.24) is 14.9 Å². The maximum absolute atomic E-state index is 12.2. The van der Waals surface area contributed by atoms with Gasteiger partial charge >= 0.3 is 0 Å². The smallest absolute Gasteiger partial charge is 0.242 e. The molecule has 1 fully saturated rings. The second-order valence-electron chi connectivity index (χ2n) is 5.24. The van der Waals surface area contributed by atoms with Gasteiger partial charge < -0.3 is 15.1 Å². The molecule has 2 rings (SSSR count). The Morgan fingerprint density at radius 2 is 2.19 bits per heavy atom. The number of hydrogen-bond donors (Lipinski definition) is 1. The van der Waals surface area contributed by atoms with E-state index in [9.17, 15) is 4.79 Å². The first kappa shape index (κ1) is 16.0. The predicted molar refractivity (Wildman–Crippen MR) is 87.6 cm³/mol. The van der Waals surface area contributed by atoms with Crippen molar-refractivity contribution >= 4 is 33.6 Å². The van der Waals surface area contributed by atoms with Crippen molar-refractivity contribution in [2.24, 2.45) is 0 Å². The summed E-state index contributed by atoms with van der Waals surface area (Å²) < 4.78 is 0.793. The molecule has 1 amide bonds. The van der Waals surface area contributed by atoms with Crippen molar-refractivity contribution in [3.8, 4) is 0 Å². The molecule has 0 aliphatic carbocycles. The summed E-state index contributed by atoms with van der Waals surface area (Å²) in [6.07, 6.45) is 4.95. The highest BCUT2D eigenvalue weighted by molar-refractivity contribution is 9.10. The number of likely N-dealkylation sites (tertiary alicyclic amines) is 1. The second-order valence-corrected chi connectivity index (χ2v) is 6.09. The van der Waals surface area contributed by atoms with E-state index < -0.39 is 0 Å². The number of hydrogen-bond acceptors (Lipinski definition) is 5. The topological polar surface area (TPSA) is 61.4 Å². The quantitative estimate of drug-likeness (QED) is 0.846. The number of amides is 1. The maximum Gasteiger partial charge on any atom is 0.242 e. The SMILES string of the molecule is CCCNc1ncc(Br)c(N(C)CC(=O)N2CCCC2)n1. The third-order valence-electron chi connectivity index (χ3n) is 3.45. The van der Waals surface area contributed by atoms with Gasteiger partial charge in [-0.25, -0.2) is 4.98 Å². The standard InChI is InChI=1S/C14H22BrN5O/c1-3-6-16-14-17-9-11(15)13(18-14)19(2)10-12(21)20-7-4-5-8-20/h9H,3-8,10H2,1-2H3,(H,16,17,18). The number of nitrogens with one attached hydrogen (secondary N) is 1. The Hall–Kier alpha value is -1.37. The van der Waals surface area contributed by atoms with Gasteiger partial charge in [-0.1, -0.05) is 6.92 Å². The fraction of sp³-hybridized carbons (Fsp3) is 0.643. The number of likely N-dealkylation sites (N-methyl/N-ethyl adjacent to an activating group) is 1. The maximum atomic E-state index is 12.2. The van der Waals surface area contributed by atoms with Crippen molar-refractivity contribution in [1.29, 1.82) is 0 Å². The Morgan fingerprint density at radius 3 is 2.86 bits per heavy atom. The number of carbonyl (C=O) groups excluding carboxylic acids is 1. The molecule has 2 heterocycles. The van der Waals surface area contributed by atoms with Crippen LogP contribution in [0.2, 0.25) is 0 Å². The van der Waals surface area contributed by atoms with E-state index in [0.717, 1.165) is 49.2 Å². The summed E-state index contributed by atoms with van der Waals surface area (Å²) in [6, 6.07) is 0. The molecule has 1 N–H and O–H groups in total. The van der Waals surface area contributed by atoms with Crippen molar-refractivity contribution in [2.75, 3.05) is 43.4 Å². The molecule has 21 heavy (non-hydrogen) atoms. The molecule has 1 aliphatic heterocycles. The summed E-state index contributed by atoms with van der Waals surface area (Å²) >= 11 is 3.45. The Balaban J connectivity index is 2.03. The molecule has 0 saturated carbocycles. The van der Waals surface area contributed by atoms with E-state index >= 15 is 0 Å². The number of halogens is 1. The highest BCUT2D eigenvalue weighted by atomic mass is 79.9. The van der Waals surface area contributed by atoms with Gasteiger partial charge in [0.1, 0.15) is 5.82 Å². The molecule has 116 valence electrons. The molecule has 1 saturated heterocycles. The van der Waals surface area contributed by atoms with Gasteiger partial charge in [0.15, 0.2) is 0 Å². The Kier molecular flexibility index (Phi) is 5.78. The van der Waals surface area contributed by atoms with Gasteiger partial charge in [0, 0.05) is 32.9 Å². The minimum Gasteiger partial charge on any atom is -0.354 e. The highest BCUT2D eigenvalue weighted by Gasteiger charge is 2.20. The average Bonchev–Trinajstić information content (AvgIpc) is 3.00. The zero-order valence-corrected chi connectivity index (χ0v) is 14.2. The van der Waals surface area contributed by atoms with Crippen LogP contribution < -0.4 is 10.2 Å². The van der Waals surface area contributed by atoms with Crippen molar-refractivity contribution in [2.45, 2.75) is 26.2 Å². The predicted octanol–water partition coefficient (Wildman–Crippen LogP) is 2.12. The van der Waals surface area contributed by atoms with E-state index in [0.29, 0.717) is 12.5 Å². The van der Waals surface area contributed by atoms with Gasteiger partial charge in [-0.2, -0.15) is 4.98 Å². The van der Waals surface area contributed by atoms with Crippen LogP contribution in [0, 0.1) is 0 Å². The molecule has 0 atom stereocenters. The lowest BCUT2D eigenvalue weighted by Gasteiger charge is -2.23. The van der Waals surface area contributed by atoms with Crippen LogP contribution in [0.4, 0.5) is 11.8 Å². The van der Waals surface area contributed by atoms with Gasteiger partial charge in [0.2, 0.25) is 11.9 Å². The van der Waals surface area contributed by atoms with E-state index in [2.05, 4.69) is 38.1 Å². The highest BCUT2D eigenvalue weighted by Crippen LogP contribution is 2.23. The van der Waals surface area contributed by atoms with E-state index in [1.54, 1.807) is 6.20 Å². The molecule has 0 radical (unpaired) electrons. The average molecular weight is 356 g/mol. The Bertz CT molecular complexity index is 490. The summed E-state index contributed by atoms with van der Waals surface area (Å²) in [5, 5.41) is 3.16. The van der Waals surface area contributed by atoms with Crippen molar-refractivity contribution in [3.63, 3.8) is 0 Å². The number of aromatic nitrogens is 2. The minimum atomic E-state index is 0.156. The summed E-state index contributed by atoms with van der Waals surface area (Å²) in [5.74, 6) is 1.48. The van der Waals surface area contributed by atoms with E-state index in [1.807, 2.05) is 16.8 Å². The first-order chi connectivity index (χ1) is 10.1. The van der Waals surface area contributed by atoms with Gasteiger partial charge in [-0.05, 0) is 35.2 Å². The minimum absolute atomic E-state index is 0.156. The molecule has 7 heteroatoms. The lowest BCUT2D eigenvalue weighted by Crippen LogP contribution is -2.37. The molecular weight excluding hydrogens is 334 g/mol. The second kappa shape index (κ2) is 7.59. The molecule has 6 nitrogen and oxygen atoms in total. The fourth-order valence-corrected chi connectivity index (χ4v) is 2.79. The first-order valence-corrected chi connectivity index (χ1v) is 8.16. The lowest BCUT2D eigenvalue weighted by molar-refractivity contribution is -0.128. The Labute approximate surface area is 134 Å². The molecule has 0 spiro atoms. The number of carbonyl (C=O) groups is 1. The van der Waals surface area contributed by atoms with E-state index in [-0.39, 0.29) is 5.91 Å². The molecule has 1 aromatic heterocycles. The third kappa shape index (κ3) is 4.30. The largest absolute Gasteiger partial charge is 0.354 e. The molecule has 0 aromatic carbocycles. The zero-order valence-electron chi connectivity index (χ0n) is 12.6. The first-order valence-electron chi connectivity index (χ1n) is 7.37. The van der Waals surface area contributed by atoms with Gasteiger partial charge in [-0.3, -0.25) is 4.79 Å². The summed E-state index contributed by atoms with van der Waals surface area (Å²) in [4.78, 5) is 24.7. The van der Waals surface area contributed by atoms with E-state index in [1.165, 1.54) is 0 Å². The van der Waals surface area contributed by atoms with Crippen LogP contribution in [0.1, 0.15) is 26.2 Å². The molecular formula is C14H22BrN5O. The molecule has 0 bridgehead atoms. The summed E-state index contributed by atoms with van der Waals surface area (Å²) in [6.45, 7) is 5.01. The molecule has 1 aromatic rings. The van der Waals surface area contributed by atoms with Gasteiger partial charge in [0.25, 0.3) is 0 Å². The molecule has 1 aliphatic rings. The third-order valence-corrected chi connectivity index (χ3v) is 4.01. The lowest BCUT2D eigenvalue weighted by atomic mass is 10.4.